The largest absolute Gasteiger partial charge is 0.264 e. The molecule has 0 bridgehead atoms. The fourth-order valence-corrected chi connectivity index (χ4v) is 11.0. The van der Waals surface area contributed by atoms with Crippen molar-refractivity contribution in [3.8, 4) is 89.8 Å². The smallest absolute Gasteiger partial charge is 0.164 e. The number of aromatic nitrogens is 4. The zero-order chi connectivity index (χ0) is 42.8. The maximum atomic E-state index is 5.28. The minimum Gasteiger partial charge on any atom is -0.264 e. The number of rotatable bonds is 7. The van der Waals surface area contributed by atoms with Crippen molar-refractivity contribution in [1.29, 1.82) is 0 Å². The van der Waals surface area contributed by atoms with Crippen molar-refractivity contribution in [2.24, 2.45) is 0 Å². The van der Waals surface area contributed by atoms with Crippen LogP contribution in [0.15, 0.2) is 207 Å². The average molecular weight is 837 g/mol. The first-order valence-corrected chi connectivity index (χ1v) is 22.5. The van der Waals surface area contributed by atoms with E-state index in [0.29, 0.717) is 17.5 Å². The Morgan fingerprint density at radius 2 is 0.797 bits per heavy atom. The molecule has 0 N–H and O–H groups in total. The molecule has 3 aromatic heterocycles. The second-order valence-electron chi connectivity index (χ2n) is 17.0. The Bertz CT molecular complexity index is 3540. The molecule has 64 heavy (non-hydrogen) atoms. The van der Waals surface area contributed by atoms with Gasteiger partial charge in [-0.3, -0.25) is 4.98 Å². The summed E-state index contributed by atoms with van der Waals surface area (Å²) in [6.07, 6.45) is 3.72. The third-order valence-electron chi connectivity index (χ3n) is 12.9. The quantitative estimate of drug-likeness (QED) is 0.160. The number of thiophene rings is 1. The van der Waals surface area contributed by atoms with Crippen LogP contribution >= 0.6 is 11.3 Å². The standard InChI is InChI=1S/C59H40N4S/c1-59(2)51-21-7-6-15-49(51)53-50(20-10-22-52(53)59)58-62-56(42-31-25-38(26-32-42)37-12-4-3-5-13-37)61-57(63-58)43-33-29-41(30-34-43)46-17-9-19-48-47-18-8-16-45(54(47)64-55(46)48)40-27-23-39(24-28-40)44-14-11-35-60-36-44/h3-36H,1-2H3. The maximum Gasteiger partial charge on any atom is 0.164 e. The number of pyridine rings is 1. The Morgan fingerprint density at radius 1 is 0.344 bits per heavy atom. The van der Waals surface area contributed by atoms with Crippen LogP contribution in [-0.2, 0) is 5.41 Å². The minimum absolute atomic E-state index is 0.144. The van der Waals surface area contributed by atoms with Crippen LogP contribution in [0.25, 0.3) is 110 Å². The van der Waals surface area contributed by atoms with Gasteiger partial charge in [-0.25, -0.2) is 15.0 Å². The van der Waals surface area contributed by atoms with Gasteiger partial charge in [0, 0.05) is 54.7 Å². The van der Waals surface area contributed by atoms with Crippen LogP contribution < -0.4 is 0 Å². The Balaban J connectivity index is 0.948. The van der Waals surface area contributed by atoms with Gasteiger partial charge in [-0.1, -0.05) is 202 Å². The number of benzene rings is 8. The summed E-state index contributed by atoms with van der Waals surface area (Å²) in [7, 11) is 0. The number of fused-ring (bicyclic) bond motifs is 6. The molecular weight excluding hydrogens is 797 g/mol. The summed E-state index contributed by atoms with van der Waals surface area (Å²) in [6.45, 7) is 4.62. The Kier molecular flexibility index (Phi) is 8.99. The monoisotopic (exact) mass is 836 g/mol. The van der Waals surface area contributed by atoms with Gasteiger partial charge in [0.15, 0.2) is 17.5 Å². The summed E-state index contributed by atoms with van der Waals surface area (Å²) in [6, 6.07) is 69.3. The molecule has 8 aromatic carbocycles. The summed E-state index contributed by atoms with van der Waals surface area (Å²) in [5.41, 5.74) is 17.2. The van der Waals surface area contributed by atoms with E-state index >= 15 is 0 Å². The molecule has 3 heterocycles. The SMILES string of the molecule is CC1(C)c2ccccc2-c2c(-c3nc(-c4ccc(-c5ccccc5)cc4)nc(-c4ccc(-c5cccc6c5sc5c(-c7ccc(-c8cccnc8)cc7)cccc56)cc4)n3)cccc21. The average Bonchev–Trinajstić information content (AvgIpc) is 3.87. The lowest BCUT2D eigenvalue weighted by molar-refractivity contribution is 0.660. The fraction of sp³-hybridized carbons (Fsp3) is 0.0508. The van der Waals surface area contributed by atoms with E-state index < -0.39 is 0 Å². The lowest BCUT2D eigenvalue weighted by Gasteiger charge is -2.21. The van der Waals surface area contributed by atoms with Crippen molar-refractivity contribution in [2.75, 3.05) is 0 Å². The van der Waals surface area contributed by atoms with Gasteiger partial charge < -0.3 is 0 Å². The summed E-state index contributed by atoms with van der Waals surface area (Å²) in [5.74, 6) is 1.95. The highest BCUT2D eigenvalue weighted by atomic mass is 32.1. The molecule has 0 aliphatic heterocycles. The summed E-state index contributed by atoms with van der Waals surface area (Å²) >= 11 is 1.87. The molecule has 5 heteroatoms. The highest BCUT2D eigenvalue weighted by molar-refractivity contribution is 7.26. The van der Waals surface area contributed by atoms with Crippen molar-refractivity contribution in [1.82, 2.24) is 19.9 Å². The molecule has 0 saturated carbocycles. The first kappa shape index (κ1) is 37.9. The van der Waals surface area contributed by atoms with E-state index in [4.69, 9.17) is 15.0 Å². The molecule has 0 fully saturated rings. The van der Waals surface area contributed by atoms with Gasteiger partial charge in [0.25, 0.3) is 0 Å². The zero-order valence-corrected chi connectivity index (χ0v) is 36.1. The molecule has 0 radical (unpaired) electrons. The van der Waals surface area contributed by atoms with Crippen molar-refractivity contribution >= 4 is 31.5 Å². The van der Waals surface area contributed by atoms with E-state index in [0.717, 1.165) is 38.9 Å². The molecule has 11 aromatic rings. The normalized spacial score (nSPS) is 12.7. The molecule has 0 atom stereocenters. The fourth-order valence-electron chi connectivity index (χ4n) is 9.59. The first-order valence-electron chi connectivity index (χ1n) is 21.7. The van der Waals surface area contributed by atoms with E-state index in [-0.39, 0.29) is 5.41 Å². The van der Waals surface area contributed by atoms with E-state index in [1.54, 1.807) is 0 Å². The molecule has 0 amide bonds. The van der Waals surface area contributed by atoms with Gasteiger partial charge in [0.05, 0.1) is 0 Å². The van der Waals surface area contributed by atoms with E-state index in [1.165, 1.54) is 64.7 Å². The second kappa shape index (κ2) is 15.2. The van der Waals surface area contributed by atoms with Crippen molar-refractivity contribution in [3.63, 3.8) is 0 Å². The molecule has 0 spiro atoms. The summed E-state index contributed by atoms with van der Waals surface area (Å²) in [4.78, 5) is 20.0. The van der Waals surface area contributed by atoms with Crippen LogP contribution in [0.3, 0.4) is 0 Å². The third kappa shape index (κ3) is 6.35. The van der Waals surface area contributed by atoms with Crippen molar-refractivity contribution in [3.05, 3.63) is 218 Å². The molecule has 12 rings (SSSR count). The highest BCUT2D eigenvalue weighted by Gasteiger charge is 2.37. The van der Waals surface area contributed by atoms with Gasteiger partial charge in [-0.15, -0.1) is 11.3 Å². The van der Waals surface area contributed by atoms with Crippen molar-refractivity contribution in [2.45, 2.75) is 19.3 Å². The molecule has 0 saturated heterocycles. The van der Waals surface area contributed by atoms with Crippen LogP contribution in [0.1, 0.15) is 25.0 Å². The van der Waals surface area contributed by atoms with Crippen LogP contribution in [-0.4, -0.2) is 19.9 Å². The van der Waals surface area contributed by atoms with Gasteiger partial charge in [0.1, 0.15) is 0 Å². The first-order chi connectivity index (χ1) is 31.5. The topological polar surface area (TPSA) is 51.6 Å². The van der Waals surface area contributed by atoms with Crippen LogP contribution in [0, 0.1) is 0 Å². The lowest BCUT2D eigenvalue weighted by Crippen LogP contribution is -2.14. The van der Waals surface area contributed by atoms with Crippen LogP contribution in [0.4, 0.5) is 0 Å². The second-order valence-corrected chi connectivity index (χ2v) is 18.0. The van der Waals surface area contributed by atoms with Crippen molar-refractivity contribution < 1.29 is 0 Å². The van der Waals surface area contributed by atoms with E-state index in [2.05, 4.69) is 201 Å². The predicted molar refractivity (Wildman–Crippen MR) is 266 cm³/mol. The molecule has 4 nitrogen and oxygen atoms in total. The van der Waals surface area contributed by atoms with Gasteiger partial charge >= 0.3 is 0 Å². The van der Waals surface area contributed by atoms with E-state index in [9.17, 15) is 0 Å². The molecular formula is C59H40N4S. The number of hydrogen-bond donors (Lipinski definition) is 0. The lowest BCUT2D eigenvalue weighted by atomic mass is 9.82. The molecule has 0 unspecified atom stereocenters. The highest BCUT2D eigenvalue weighted by Crippen LogP contribution is 2.52. The van der Waals surface area contributed by atoms with Gasteiger partial charge in [-0.2, -0.15) is 0 Å². The molecule has 302 valence electrons. The number of hydrogen-bond acceptors (Lipinski definition) is 5. The summed E-state index contributed by atoms with van der Waals surface area (Å²) in [5, 5.41) is 2.54. The van der Waals surface area contributed by atoms with Crippen LogP contribution in [0.5, 0.6) is 0 Å². The Morgan fingerprint density at radius 3 is 1.41 bits per heavy atom. The molecule has 1 aliphatic carbocycles. The van der Waals surface area contributed by atoms with E-state index in [1.807, 2.05) is 35.9 Å². The predicted octanol–water partition coefficient (Wildman–Crippen LogP) is 15.6. The maximum absolute atomic E-state index is 5.28. The minimum atomic E-state index is -0.144. The Hall–Kier alpha value is -7.86. The zero-order valence-electron chi connectivity index (χ0n) is 35.3. The molecule has 1 aliphatic rings. The summed E-state index contributed by atoms with van der Waals surface area (Å²) < 4.78 is 2.56. The third-order valence-corrected chi connectivity index (χ3v) is 14.2. The Labute approximate surface area is 376 Å². The van der Waals surface area contributed by atoms with Crippen LogP contribution in [0.2, 0.25) is 0 Å². The number of nitrogens with zero attached hydrogens (tertiary/aromatic N) is 4. The van der Waals surface area contributed by atoms with Gasteiger partial charge in [0.2, 0.25) is 0 Å². The van der Waals surface area contributed by atoms with Gasteiger partial charge in [-0.05, 0) is 72.8 Å².